The lowest BCUT2D eigenvalue weighted by molar-refractivity contribution is -0.149. The largest absolute Gasteiger partial charge is 0.482 e. The second-order valence-electron chi connectivity index (χ2n) is 5.35. The van der Waals surface area contributed by atoms with Crippen molar-refractivity contribution < 1.29 is 28.6 Å². The van der Waals surface area contributed by atoms with Crippen LogP contribution in [0.25, 0.3) is 0 Å². The molecule has 8 nitrogen and oxygen atoms in total. The molecule has 2 amide bonds. The Labute approximate surface area is 146 Å². The normalized spacial score (nSPS) is 13.0. The fraction of sp³-hybridized carbons (Fsp3) is 0.471. The van der Waals surface area contributed by atoms with Crippen LogP contribution in [-0.2, 0) is 23.9 Å². The number of benzene rings is 1. The Morgan fingerprint density at radius 2 is 2.08 bits per heavy atom. The first-order valence-electron chi connectivity index (χ1n) is 8.01. The highest BCUT2D eigenvalue weighted by atomic mass is 16.5. The fourth-order valence-electron chi connectivity index (χ4n) is 2.42. The summed E-state index contributed by atoms with van der Waals surface area (Å²) in [6, 6.07) is 7.00. The molecule has 0 saturated heterocycles. The van der Waals surface area contributed by atoms with E-state index in [0.29, 0.717) is 11.4 Å². The van der Waals surface area contributed by atoms with Crippen molar-refractivity contribution in [1.82, 2.24) is 4.90 Å². The van der Waals surface area contributed by atoms with Gasteiger partial charge in [-0.25, -0.2) is 0 Å². The maximum absolute atomic E-state index is 12.6. The highest BCUT2D eigenvalue weighted by molar-refractivity contribution is 6.02. The van der Waals surface area contributed by atoms with E-state index in [9.17, 15) is 14.4 Å². The molecule has 1 aromatic carbocycles. The number of methoxy groups -OCH3 is 1. The van der Waals surface area contributed by atoms with Crippen molar-refractivity contribution in [3.8, 4) is 5.75 Å². The van der Waals surface area contributed by atoms with E-state index in [0.717, 1.165) is 0 Å². The second-order valence-corrected chi connectivity index (χ2v) is 5.35. The summed E-state index contributed by atoms with van der Waals surface area (Å²) >= 11 is 0. The molecular formula is C17H22N2O6. The first-order valence-corrected chi connectivity index (χ1v) is 8.01. The van der Waals surface area contributed by atoms with Crippen LogP contribution in [0, 0.1) is 0 Å². The van der Waals surface area contributed by atoms with Gasteiger partial charge in [-0.2, -0.15) is 0 Å². The molecule has 2 rings (SSSR count). The van der Waals surface area contributed by atoms with Crippen LogP contribution in [0.2, 0.25) is 0 Å². The summed E-state index contributed by atoms with van der Waals surface area (Å²) in [5, 5.41) is 0. The Hall–Kier alpha value is -2.61. The first kappa shape index (κ1) is 18.7. The van der Waals surface area contributed by atoms with Crippen LogP contribution in [-0.4, -0.2) is 69.2 Å². The smallest absolute Gasteiger partial charge is 0.325 e. The third-order valence-electron chi connectivity index (χ3n) is 3.64. The lowest BCUT2D eigenvalue weighted by Crippen LogP contribution is -2.48. The van der Waals surface area contributed by atoms with Crippen molar-refractivity contribution in [2.45, 2.75) is 6.92 Å². The van der Waals surface area contributed by atoms with Gasteiger partial charge >= 0.3 is 5.97 Å². The Bertz CT molecular complexity index is 633. The Kier molecular flexibility index (Phi) is 6.76. The molecule has 1 aromatic rings. The Balaban J connectivity index is 2.11. The van der Waals surface area contributed by atoms with E-state index in [1.807, 2.05) is 0 Å². The summed E-state index contributed by atoms with van der Waals surface area (Å²) in [6.45, 7) is 1.95. The highest BCUT2D eigenvalue weighted by Crippen LogP contribution is 2.31. The van der Waals surface area contributed by atoms with Crippen LogP contribution in [0.1, 0.15) is 6.92 Å². The maximum atomic E-state index is 12.6. The maximum Gasteiger partial charge on any atom is 0.325 e. The van der Waals surface area contributed by atoms with E-state index in [4.69, 9.17) is 14.2 Å². The summed E-state index contributed by atoms with van der Waals surface area (Å²) in [4.78, 5) is 39.2. The molecule has 1 aliphatic heterocycles. The molecule has 0 aliphatic carbocycles. The molecule has 1 heterocycles. The number of para-hydroxylation sites is 2. The number of rotatable bonds is 8. The van der Waals surface area contributed by atoms with E-state index >= 15 is 0 Å². The zero-order chi connectivity index (χ0) is 18.2. The van der Waals surface area contributed by atoms with Crippen LogP contribution in [0.5, 0.6) is 5.75 Å². The van der Waals surface area contributed by atoms with E-state index < -0.39 is 5.97 Å². The molecule has 0 aromatic heterocycles. The number of hydrogen-bond donors (Lipinski definition) is 0. The van der Waals surface area contributed by atoms with Crippen molar-refractivity contribution in [3.63, 3.8) is 0 Å². The van der Waals surface area contributed by atoms with Gasteiger partial charge in [0.05, 0.1) is 18.9 Å². The zero-order valence-corrected chi connectivity index (χ0v) is 14.4. The van der Waals surface area contributed by atoms with E-state index in [1.165, 1.54) is 16.9 Å². The fourth-order valence-corrected chi connectivity index (χ4v) is 2.42. The Morgan fingerprint density at radius 3 is 2.80 bits per heavy atom. The second kappa shape index (κ2) is 9.03. The van der Waals surface area contributed by atoms with Gasteiger partial charge in [-0.1, -0.05) is 12.1 Å². The van der Waals surface area contributed by atoms with E-state index in [-0.39, 0.29) is 51.3 Å². The van der Waals surface area contributed by atoms with Crippen LogP contribution in [0.4, 0.5) is 5.69 Å². The lowest BCUT2D eigenvalue weighted by atomic mass is 10.2. The Morgan fingerprint density at radius 1 is 1.32 bits per heavy atom. The number of esters is 1. The van der Waals surface area contributed by atoms with Gasteiger partial charge in [0.1, 0.15) is 18.8 Å². The number of anilines is 1. The standard InChI is InChI=1S/C17H22N2O6/c1-3-24-17(22)11-18(8-9-23-2)15(20)10-19-13-6-4-5-7-14(13)25-12-16(19)21/h4-7H,3,8-12H2,1-2H3. The molecule has 0 unspecified atom stereocenters. The number of fused-ring (bicyclic) bond motifs is 1. The quantitative estimate of drug-likeness (QED) is 0.633. The third-order valence-corrected chi connectivity index (χ3v) is 3.64. The van der Waals surface area contributed by atoms with Crippen molar-refractivity contribution >= 4 is 23.5 Å². The molecule has 8 heteroatoms. The topological polar surface area (TPSA) is 85.4 Å². The number of ether oxygens (including phenoxy) is 3. The molecule has 0 fully saturated rings. The van der Waals surface area contributed by atoms with Gasteiger partial charge in [-0.15, -0.1) is 0 Å². The molecule has 0 radical (unpaired) electrons. The molecular weight excluding hydrogens is 328 g/mol. The molecule has 25 heavy (non-hydrogen) atoms. The summed E-state index contributed by atoms with van der Waals surface area (Å²) in [5.41, 5.74) is 0.537. The van der Waals surface area contributed by atoms with Gasteiger partial charge < -0.3 is 19.1 Å². The van der Waals surface area contributed by atoms with E-state index in [1.54, 1.807) is 31.2 Å². The predicted octanol–water partition coefficient (Wildman–Crippen LogP) is 0.450. The van der Waals surface area contributed by atoms with Crippen LogP contribution < -0.4 is 9.64 Å². The van der Waals surface area contributed by atoms with Gasteiger partial charge in [0.15, 0.2) is 6.61 Å². The number of nitrogens with zero attached hydrogens (tertiary/aromatic N) is 2. The van der Waals surface area contributed by atoms with Crippen molar-refractivity contribution in [1.29, 1.82) is 0 Å². The van der Waals surface area contributed by atoms with Gasteiger partial charge in [0, 0.05) is 13.7 Å². The minimum Gasteiger partial charge on any atom is -0.482 e. The summed E-state index contributed by atoms with van der Waals surface area (Å²) in [6.07, 6.45) is 0. The molecule has 1 aliphatic rings. The van der Waals surface area contributed by atoms with Gasteiger partial charge in [0.25, 0.3) is 5.91 Å². The lowest BCUT2D eigenvalue weighted by Gasteiger charge is -2.31. The number of hydrogen-bond acceptors (Lipinski definition) is 6. The highest BCUT2D eigenvalue weighted by Gasteiger charge is 2.29. The van der Waals surface area contributed by atoms with Crippen molar-refractivity contribution in [3.05, 3.63) is 24.3 Å². The summed E-state index contributed by atoms with van der Waals surface area (Å²) in [5.74, 6) is -0.630. The average Bonchev–Trinajstić information content (AvgIpc) is 2.61. The van der Waals surface area contributed by atoms with Gasteiger partial charge in [-0.05, 0) is 19.1 Å². The molecule has 0 saturated carbocycles. The summed E-state index contributed by atoms with van der Waals surface area (Å²) in [7, 11) is 1.51. The first-order chi connectivity index (χ1) is 12.1. The molecule has 0 N–H and O–H groups in total. The minimum atomic E-state index is -0.499. The number of carbonyl (C=O) groups is 3. The van der Waals surface area contributed by atoms with E-state index in [2.05, 4.69) is 0 Å². The molecule has 0 spiro atoms. The van der Waals surface area contributed by atoms with Gasteiger partial charge in [0.2, 0.25) is 5.91 Å². The van der Waals surface area contributed by atoms with Crippen molar-refractivity contribution in [2.75, 3.05) is 51.5 Å². The predicted molar refractivity (Wildman–Crippen MR) is 89.4 cm³/mol. The zero-order valence-electron chi connectivity index (χ0n) is 14.4. The number of carbonyl (C=O) groups excluding carboxylic acids is 3. The SMILES string of the molecule is CCOC(=O)CN(CCOC)C(=O)CN1C(=O)COc2ccccc21. The van der Waals surface area contributed by atoms with Crippen LogP contribution in [0.15, 0.2) is 24.3 Å². The monoisotopic (exact) mass is 350 g/mol. The summed E-state index contributed by atoms with van der Waals surface area (Å²) < 4.78 is 15.2. The molecule has 0 bridgehead atoms. The molecule has 136 valence electrons. The van der Waals surface area contributed by atoms with Crippen LogP contribution in [0.3, 0.4) is 0 Å². The minimum absolute atomic E-state index is 0.125. The number of amides is 2. The average molecular weight is 350 g/mol. The molecule has 0 atom stereocenters. The van der Waals surface area contributed by atoms with Crippen LogP contribution >= 0.6 is 0 Å². The van der Waals surface area contributed by atoms with Gasteiger partial charge in [-0.3, -0.25) is 19.3 Å². The third kappa shape index (κ3) is 4.93. The van der Waals surface area contributed by atoms with Crippen molar-refractivity contribution in [2.24, 2.45) is 0 Å².